The minimum atomic E-state index is -3.21. The molecule has 0 saturated carbocycles. The molecule has 1 aliphatic rings. The Kier molecular flexibility index (Phi) is 6.31. The van der Waals surface area contributed by atoms with Crippen molar-refractivity contribution in [2.75, 3.05) is 32.6 Å². The lowest BCUT2D eigenvalue weighted by atomic mass is 9.97. The number of nitrogens with one attached hydrogen (secondary N) is 1. The van der Waals surface area contributed by atoms with Gasteiger partial charge in [0.05, 0.1) is 19.5 Å². The van der Waals surface area contributed by atoms with E-state index in [0.717, 1.165) is 11.8 Å². The van der Waals surface area contributed by atoms with Crippen LogP contribution in [0, 0.1) is 12.8 Å². The van der Waals surface area contributed by atoms with Gasteiger partial charge in [0.1, 0.15) is 5.69 Å². The zero-order valence-electron chi connectivity index (χ0n) is 14.4. The number of ether oxygens (including phenoxy) is 1. The van der Waals surface area contributed by atoms with Crippen LogP contribution in [0.1, 0.15) is 29.4 Å². The number of hydrogen-bond acceptors (Lipinski definition) is 5. The molecule has 0 radical (unpaired) electrons. The number of carbonyl (C=O) groups is 1. The topological polar surface area (TPSA) is 88.6 Å². The van der Waals surface area contributed by atoms with Crippen molar-refractivity contribution in [2.24, 2.45) is 5.92 Å². The molecule has 0 aliphatic carbocycles. The van der Waals surface area contributed by atoms with E-state index in [-0.39, 0.29) is 17.9 Å². The summed E-state index contributed by atoms with van der Waals surface area (Å²) in [7, 11) is -3.21. The standard InChI is InChI=1S/C16H25N3O4S/c1-12-4-5-15(17-10-12)16(20)19-8-9-23-11-14(13(19)2)6-7-18-24(3,21)22/h4-5,10,13-14,18H,6-9,11H2,1-3H3/t13-,14+/m0/s1. The third kappa shape index (κ3) is 5.25. The fourth-order valence-electron chi connectivity index (χ4n) is 2.78. The molecule has 8 heteroatoms. The predicted octanol–water partition coefficient (Wildman–Crippen LogP) is 0.806. The van der Waals surface area contributed by atoms with E-state index in [1.54, 1.807) is 17.2 Å². The third-order valence-corrected chi connectivity index (χ3v) is 4.98. The normalized spacial score (nSPS) is 22.2. The highest BCUT2D eigenvalue weighted by molar-refractivity contribution is 7.88. The van der Waals surface area contributed by atoms with Crippen LogP contribution in [0.3, 0.4) is 0 Å². The maximum atomic E-state index is 12.7. The molecule has 1 fully saturated rings. The quantitative estimate of drug-likeness (QED) is 0.844. The van der Waals surface area contributed by atoms with Crippen molar-refractivity contribution in [2.45, 2.75) is 26.3 Å². The number of rotatable bonds is 5. The second-order valence-corrected chi connectivity index (χ2v) is 8.08. The highest BCUT2D eigenvalue weighted by atomic mass is 32.2. The van der Waals surface area contributed by atoms with Crippen molar-refractivity contribution in [3.05, 3.63) is 29.6 Å². The first-order valence-corrected chi connectivity index (χ1v) is 9.93. The van der Waals surface area contributed by atoms with Crippen molar-refractivity contribution < 1.29 is 17.9 Å². The second-order valence-electron chi connectivity index (χ2n) is 6.25. The SMILES string of the molecule is Cc1ccc(C(=O)N2CCOC[C@@H](CCNS(C)(=O)=O)[C@@H]2C)nc1. The average molecular weight is 355 g/mol. The van der Waals surface area contributed by atoms with E-state index < -0.39 is 10.0 Å². The van der Waals surface area contributed by atoms with E-state index in [9.17, 15) is 13.2 Å². The highest BCUT2D eigenvalue weighted by Crippen LogP contribution is 2.20. The van der Waals surface area contributed by atoms with Crippen LogP contribution < -0.4 is 4.72 Å². The first-order valence-electron chi connectivity index (χ1n) is 8.04. The van der Waals surface area contributed by atoms with E-state index >= 15 is 0 Å². The summed E-state index contributed by atoms with van der Waals surface area (Å²) in [4.78, 5) is 18.7. The molecular weight excluding hydrogens is 330 g/mol. The number of carbonyl (C=O) groups excluding carboxylic acids is 1. The van der Waals surface area contributed by atoms with E-state index in [1.165, 1.54) is 0 Å². The van der Waals surface area contributed by atoms with Gasteiger partial charge in [0, 0.05) is 31.2 Å². The van der Waals surface area contributed by atoms with Crippen LogP contribution in [0.5, 0.6) is 0 Å². The van der Waals surface area contributed by atoms with Gasteiger partial charge in [-0.3, -0.25) is 9.78 Å². The van der Waals surface area contributed by atoms with Crippen molar-refractivity contribution >= 4 is 15.9 Å². The number of sulfonamides is 1. The molecular formula is C16H25N3O4S. The number of aryl methyl sites for hydroxylation is 1. The Balaban J connectivity index is 2.05. The fraction of sp³-hybridized carbons (Fsp3) is 0.625. The van der Waals surface area contributed by atoms with Crippen LogP contribution in [0.2, 0.25) is 0 Å². The highest BCUT2D eigenvalue weighted by Gasteiger charge is 2.30. The van der Waals surface area contributed by atoms with Crippen molar-refractivity contribution in [1.29, 1.82) is 0 Å². The second kappa shape index (κ2) is 8.04. The maximum Gasteiger partial charge on any atom is 0.272 e. The largest absolute Gasteiger partial charge is 0.379 e. The fourth-order valence-corrected chi connectivity index (χ4v) is 3.27. The molecule has 2 heterocycles. The summed E-state index contributed by atoms with van der Waals surface area (Å²) in [6.07, 6.45) is 3.43. The molecule has 2 atom stereocenters. The summed E-state index contributed by atoms with van der Waals surface area (Å²) in [5.41, 5.74) is 1.42. The molecule has 1 aromatic rings. The molecule has 1 saturated heterocycles. The smallest absolute Gasteiger partial charge is 0.272 e. The monoisotopic (exact) mass is 355 g/mol. The summed E-state index contributed by atoms with van der Waals surface area (Å²) in [6.45, 7) is 5.73. The summed E-state index contributed by atoms with van der Waals surface area (Å²) in [5.74, 6) is -0.0507. The first kappa shape index (κ1) is 18.8. The number of amides is 1. The van der Waals surface area contributed by atoms with Gasteiger partial charge in [0.25, 0.3) is 5.91 Å². The third-order valence-electron chi connectivity index (χ3n) is 4.25. The van der Waals surface area contributed by atoms with E-state index in [4.69, 9.17) is 4.74 Å². The van der Waals surface area contributed by atoms with Crippen LogP contribution >= 0.6 is 0 Å². The average Bonchev–Trinajstić information content (AvgIpc) is 2.69. The Labute approximate surface area is 143 Å². The van der Waals surface area contributed by atoms with Gasteiger partial charge in [0.2, 0.25) is 10.0 Å². The van der Waals surface area contributed by atoms with Gasteiger partial charge in [-0.2, -0.15) is 0 Å². The molecule has 0 bridgehead atoms. The van der Waals surface area contributed by atoms with Gasteiger partial charge in [-0.05, 0) is 31.9 Å². The number of pyridine rings is 1. The Bertz CT molecular complexity index is 660. The van der Waals surface area contributed by atoms with Crippen LogP contribution in [0.25, 0.3) is 0 Å². The molecule has 1 aromatic heterocycles. The molecule has 1 amide bonds. The van der Waals surface area contributed by atoms with Gasteiger partial charge in [-0.1, -0.05) is 6.07 Å². The van der Waals surface area contributed by atoms with Crippen LogP contribution in [0.15, 0.2) is 18.3 Å². The van der Waals surface area contributed by atoms with Gasteiger partial charge in [-0.15, -0.1) is 0 Å². The number of hydrogen-bond donors (Lipinski definition) is 1. The lowest BCUT2D eigenvalue weighted by Gasteiger charge is -2.31. The van der Waals surface area contributed by atoms with Crippen LogP contribution in [-0.2, 0) is 14.8 Å². The Hall–Kier alpha value is -1.51. The molecule has 0 unspecified atom stereocenters. The lowest BCUT2D eigenvalue weighted by Crippen LogP contribution is -2.44. The lowest BCUT2D eigenvalue weighted by molar-refractivity contribution is 0.0652. The molecule has 2 rings (SSSR count). The summed E-state index contributed by atoms with van der Waals surface area (Å²) >= 11 is 0. The van der Waals surface area contributed by atoms with Crippen LogP contribution in [0.4, 0.5) is 0 Å². The molecule has 24 heavy (non-hydrogen) atoms. The first-order chi connectivity index (χ1) is 11.3. The minimum absolute atomic E-state index is 0.0514. The van der Waals surface area contributed by atoms with E-state index in [1.807, 2.05) is 19.9 Å². The van der Waals surface area contributed by atoms with Crippen LogP contribution in [-0.4, -0.2) is 62.8 Å². The molecule has 0 aromatic carbocycles. The molecule has 1 N–H and O–H groups in total. The summed E-state index contributed by atoms with van der Waals surface area (Å²) in [6, 6.07) is 3.55. The predicted molar refractivity (Wildman–Crippen MR) is 91.2 cm³/mol. The molecule has 134 valence electrons. The molecule has 0 spiro atoms. The van der Waals surface area contributed by atoms with Gasteiger partial charge in [0.15, 0.2) is 0 Å². The van der Waals surface area contributed by atoms with Crippen molar-refractivity contribution in [1.82, 2.24) is 14.6 Å². The maximum absolute atomic E-state index is 12.7. The van der Waals surface area contributed by atoms with Crippen molar-refractivity contribution in [3.63, 3.8) is 0 Å². The minimum Gasteiger partial charge on any atom is -0.379 e. The van der Waals surface area contributed by atoms with E-state index in [2.05, 4.69) is 9.71 Å². The van der Waals surface area contributed by atoms with Crippen molar-refractivity contribution in [3.8, 4) is 0 Å². The Morgan fingerprint density at radius 1 is 1.46 bits per heavy atom. The summed E-state index contributed by atoms with van der Waals surface area (Å²) in [5, 5.41) is 0. The Morgan fingerprint density at radius 2 is 2.21 bits per heavy atom. The van der Waals surface area contributed by atoms with Gasteiger partial charge in [-0.25, -0.2) is 13.1 Å². The zero-order valence-corrected chi connectivity index (χ0v) is 15.2. The number of aromatic nitrogens is 1. The summed E-state index contributed by atoms with van der Waals surface area (Å²) < 4.78 is 30.5. The molecule has 1 aliphatic heterocycles. The van der Waals surface area contributed by atoms with E-state index in [0.29, 0.717) is 38.4 Å². The molecule has 7 nitrogen and oxygen atoms in total. The van der Waals surface area contributed by atoms with Gasteiger partial charge >= 0.3 is 0 Å². The zero-order chi connectivity index (χ0) is 17.7. The Morgan fingerprint density at radius 3 is 2.83 bits per heavy atom. The number of nitrogens with zero attached hydrogens (tertiary/aromatic N) is 2. The van der Waals surface area contributed by atoms with Gasteiger partial charge < -0.3 is 9.64 Å².